The van der Waals surface area contributed by atoms with Gasteiger partial charge in [0.25, 0.3) is 0 Å². The molecule has 0 aliphatic carbocycles. The standard InChI is InChI=1S/Al.Mg.H2O4S.H2O/c;;1-5(2,3)4;/h;;(H2,1,2,3,4);1H2/q+3;+2;;/p-2. The molecular weight excluding hydrogens is 163 g/mol. The van der Waals surface area contributed by atoms with E-state index in [1.807, 2.05) is 0 Å². The monoisotopic (exact) mass is 165 g/mol. The van der Waals surface area contributed by atoms with Crippen molar-refractivity contribution in [3.8, 4) is 0 Å². The van der Waals surface area contributed by atoms with Crippen molar-refractivity contribution in [2.45, 2.75) is 0 Å². The Kier molecular flexibility index (Phi) is 23.3. The van der Waals surface area contributed by atoms with Crippen LogP contribution in [0.3, 0.4) is 0 Å². The van der Waals surface area contributed by atoms with Crippen molar-refractivity contribution in [3.63, 3.8) is 0 Å². The topological polar surface area (TPSA) is 112 Å². The van der Waals surface area contributed by atoms with Crippen LogP contribution in [0.1, 0.15) is 0 Å². The quantitative estimate of drug-likeness (QED) is 0.217. The summed E-state index contributed by atoms with van der Waals surface area (Å²) < 4.78 is 34.1. The van der Waals surface area contributed by atoms with Gasteiger partial charge < -0.3 is 14.6 Å². The fourth-order valence-electron chi connectivity index (χ4n) is 0. The molecule has 0 aliphatic rings. The molecular formula is H2AlMgO5S+3. The van der Waals surface area contributed by atoms with Gasteiger partial charge in [-0.3, -0.25) is 8.42 Å². The zero-order valence-electron chi connectivity index (χ0n) is 3.83. The minimum Gasteiger partial charge on any atom is -0.759 e. The molecule has 0 aliphatic heterocycles. The second-order valence-corrected chi connectivity index (χ2v) is 1.22. The largest absolute Gasteiger partial charge is 3.00 e. The van der Waals surface area contributed by atoms with Crippen molar-refractivity contribution in [1.82, 2.24) is 0 Å². The van der Waals surface area contributed by atoms with Crippen LogP contribution in [0.5, 0.6) is 0 Å². The van der Waals surface area contributed by atoms with E-state index in [0.717, 1.165) is 0 Å². The van der Waals surface area contributed by atoms with E-state index >= 15 is 0 Å². The smallest absolute Gasteiger partial charge is 0.759 e. The number of hydrogen-bond donors (Lipinski definition) is 0. The van der Waals surface area contributed by atoms with Crippen LogP contribution in [0.4, 0.5) is 0 Å². The first-order chi connectivity index (χ1) is 2.00. The molecule has 0 saturated heterocycles. The molecule has 0 atom stereocenters. The predicted molar refractivity (Wildman–Crippen MR) is 25.6 cm³/mol. The van der Waals surface area contributed by atoms with Crippen molar-refractivity contribution < 1.29 is 23.0 Å². The van der Waals surface area contributed by atoms with E-state index in [2.05, 4.69) is 0 Å². The summed E-state index contributed by atoms with van der Waals surface area (Å²) in [4.78, 5) is 0. The van der Waals surface area contributed by atoms with Gasteiger partial charge in [0, 0.05) is 10.4 Å². The molecule has 0 amide bonds. The van der Waals surface area contributed by atoms with Gasteiger partial charge >= 0.3 is 40.4 Å². The normalized spacial score (nSPS) is 7.25. The van der Waals surface area contributed by atoms with Gasteiger partial charge in [-0.25, -0.2) is 0 Å². The second kappa shape index (κ2) is 8.13. The van der Waals surface area contributed by atoms with Crippen LogP contribution in [0, 0.1) is 0 Å². The first-order valence-electron chi connectivity index (χ1n) is 0.667. The Balaban J connectivity index is -0.0000000267. The molecule has 0 aromatic heterocycles. The average molecular weight is 165 g/mol. The van der Waals surface area contributed by atoms with Crippen LogP contribution in [-0.4, -0.2) is 63.4 Å². The van der Waals surface area contributed by atoms with Gasteiger partial charge in [-0.1, -0.05) is 0 Å². The Labute approximate surface area is 73.6 Å². The third kappa shape index (κ3) is 210. The molecule has 2 N–H and O–H groups in total. The summed E-state index contributed by atoms with van der Waals surface area (Å²) in [5.41, 5.74) is 0. The molecule has 0 aromatic carbocycles. The maximum Gasteiger partial charge on any atom is 3.00 e. The minimum absolute atomic E-state index is 0. The molecule has 8 heavy (non-hydrogen) atoms. The molecule has 8 heteroatoms. The van der Waals surface area contributed by atoms with E-state index in [1.165, 1.54) is 0 Å². The summed E-state index contributed by atoms with van der Waals surface area (Å²) in [5.74, 6) is 0. The van der Waals surface area contributed by atoms with E-state index in [4.69, 9.17) is 17.5 Å². The maximum absolute atomic E-state index is 8.52. The van der Waals surface area contributed by atoms with E-state index in [1.54, 1.807) is 0 Å². The molecule has 0 fully saturated rings. The van der Waals surface area contributed by atoms with Crippen LogP contribution < -0.4 is 0 Å². The van der Waals surface area contributed by atoms with Gasteiger partial charge in [0.15, 0.2) is 0 Å². The van der Waals surface area contributed by atoms with Crippen LogP contribution >= 0.6 is 0 Å². The Morgan fingerprint density at radius 3 is 1.12 bits per heavy atom. The molecule has 0 rings (SSSR count). The van der Waals surface area contributed by atoms with Crippen LogP contribution in [-0.2, 0) is 10.4 Å². The minimum atomic E-state index is -5.17. The van der Waals surface area contributed by atoms with Crippen LogP contribution in [0.2, 0.25) is 0 Å². The van der Waals surface area contributed by atoms with Crippen LogP contribution in [0.15, 0.2) is 0 Å². The van der Waals surface area contributed by atoms with E-state index in [-0.39, 0.29) is 45.9 Å². The molecule has 0 spiro atoms. The maximum atomic E-state index is 8.52. The van der Waals surface area contributed by atoms with Crippen molar-refractivity contribution in [2.24, 2.45) is 0 Å². The SMILES string of the molecule is O.O=S(=O)([O-])[O-].[Al+3].[Mg+2]. The Morgan fingerprint density at radius 1 is 1.12 bits per heavy atom. The third-order valence-corrected chi connectivity index (χ3v) is 0. The number of rotatable bonds is 0. The third-order valence-electron chi connectivity index (χ3n) is 0. The van der Waals surface area contributed by atoms with Crippen LogP contribution in [0.25, 0.3) is 0 Å². The Hall–Kier alpha value is 1.13. The molecule has 40 valence electrons. The van der Waals surface area contributed by atoms with Crippen molar-refractivity contribution in [3.05, 3.63) is 0 Å². The summed E-state index contributed by atoms with van der Waals surface area (Å²) >= 11 is 0. The van der Waals surface area contributed by atoms with Gasteiger partial charge in [0.05, 0.1) is 0 Å². The average Bonchev–Trinajstić information content (AvgIpc) is 0.722. The number of hydrogen-bond acceptors (Lipinski definition) is 4. The molecule has 0 bridgehead atoms. The Morgan fingerprint density at radius 2 is 1.12 bits per heavy atom. The summed E-state index contributed by atoms with van der Waals surface area (Å²) in [6, 6.07) is 0. The van der Waals surface area contributed by atoms with E-state index < -0.39 is 10.4 Å². The zero-order chi connectivity index (χ0) is 4.50. The summed E-state index contributed by atoms with van der Waals surface area (Å²) in [6.45, 7) is 0. The predicted octanol–water partition coefficient (Wildman–Crippen LogP) is -2.92. The first kappa shape index (κ1) is 22.9. The van der Waals surface area contributed by atoms with E-state index in [0.29, 0.717) is 0 Å². The summed E-state index contributed by atoms with van der Waals surface area (Å²) in [5, 5.41) is 0. The molecule has 0 heterocycles. The van der Waals surface area contributed by atoms with Gasteiger partial charge in [0.1, 0.15) is 0 Å². The molecule has 0 unspecified atom stereocenters. The first-order valence-corrected chi connectivity index (χ1v) is 2.00. The summed E-state index contributed by atoms with van der Waals surface area (Å²) in [7, 11) is -5.17. The molecule has 5 nitrogen and oxygen atoms in total. The Bertz CT molecular complexity index is 95.6. The van der Waals surface area contributed by atoms with Crippen molar-refractivity contribution in [2.75, 3.05) is 0 Å². The molecule has 0 radical (unpaired) electrons. The van der Waals surface area contributed by atoms with Crippen molar-refractivity contribution >= 4 is 50.8 Å². The molecule has 0 aromatic rings. The van der Waals surface area contributed by atoms with Crippen molar-refractivity contribution in [1.29, 1.82) is 0 Å². The van der Waals surface area contributed by atoms with E-state index in [9.17, 15) is 0 Å². The summed E-state index contributed by atoms with van der Waals surface area (Å²) in [6.07, 6.45) is 0. The van der Waals surface area contributed by atoms with Gasteiger partial charge in [0.2, 0.25) is 0 Å². The zero-order valence-corrected chi connectivity index (χ0v) is 7.21. The van der Waals surface area contributed by atoms with Gasteiger partial charge in [-0.2, -0.15) is 0 Å². The fraction of sp³-hybridized carbons (Fsp3) is 0. The fourth-order valence-corrected chi connectivity index (χ4v) is 0. The second-order valence-electron chi connectivity index (χ2n) is 0.408. The van der Waals surface area contributed by atoms with Gasteiger partial charge in [-0.15, -0.1) is 0 Å². The van der Waals surface area contributed by atoms with Gasteiger partial charge in [-0.05, 0) is 0 Å². The molecule has 0 saturated carbocycles.